The molecule has 0 N–H and O–H groups in total. The number of unbranched alkanes of at least 4 members (excludes halogenated alkanes) is 4. The molecule has 0 aliphatic heterocycles. The highest BCUT2D eigenvalue weighted by Crippen LogP contribution is 2.34. The van der Waals surface area contributed by atoms with Gasteiger partial charge in [-0.25, -0.2) is 0 Å². The smallest absolute Gasteiger partial charge is 0.0917 e. The lowest BCUT2D eigenvalue weighted by molar-refractivity contribution is 0.342. The summed E-state index contributed by atoms with van der Waals surface area (Å²) in [6.07, 6.45) is 7.89. The van der Waals surface area contributed by atoms with Gasteiger partial charge in [-0.15, -0.1) is 0 Å². The molecular weight excluding hydrogens is 311 g/mol. The summed E-state index contributed by atoms with van der Waals surface area (Å²) in [6, 6.07) is 21.3. The monoisotopic (exact) mass is 342 g/mol. The number of benzene rings is 2. The molecule has 0 aliphatic rings. The van der Waals surface area contributed by atoms with Crippen LogP contribution in [0.25, 0.3) is 0 Å². The van der Waals surface area contributed by atoms with Crippen LogP contribution >= 0.6 is 8.15 Å². The van der Waals surface area contributed by atoms with Gasteiger partial charge in [-0.3, -0.25) is 0 Å². The Kier molecular flexibility index (Phi) is 9.10. The molecule has 0 saturated heterocycles. The van der Waals surface area contributed by atoms with E-state index in [-0.39, 0.29) is 0 Å². The van der Waals surface area contributed by atoms with Crippen molar-refractivity contribution < 1.29 is 4.52 Å². The van der Waals surface area contributed by atoms with Crippen LogP contribution in [0.15, 0.2) is 60.7 Å². The Balaban J connectivity index is 1.76. The fourth-order valence-corrected chi connectivity index (χ4v) is 4.56. The minimum atomic E-state index is -0.687. The SMILES string of the molecule is CC(C)CCCCCCCOP(c1ccccc1)c1ccccc1. The van der Waals surface area contributed by atoms with Crippen LogP contribution in [0, 0.1) is 5.92 Å². The largest absolute Gasteiger partial charge is 0.350 e. The lowest BCUT2D eigenvalue weighted by Crippen LogP contribution is -2.14. The van der Waals surface area contributed by atoms with Crippen LogP contribution in [-0.2, 0) is 4.52 Å². The zero-order valence-electron chi connectivity index (χ0n) is 15.2. The van der Waals surface area contributed by atoms with Gasteiger partial charge in [-0.2, -0.15) is 0 Å². The van der Waals surface area contributed by atoms with Crippen molar-refractivity contribution in [3.63, 3.8) is 0 Å². The van der Waals surface area contributed by atoms with E-state index < -0.39 is 8.15 Å². The molecule has 0 amide bonds. The topological polar surface area (TPSA) is 9.23 Å². The van der Waals surface area contributed by atoms with E-state index in [1.807, 2.05) is 0 Å². The lowest BCUT2D eigenvalue weighted by atomic mass is 10.0. The second-order valence-corrected chi connectivity index (χ2v) is 8.63. The van der Waals surface area contributed by atoms with Crippen LogP contribution in [0.4, 0.5) is 0 Å². The molecule has 0 fully saturated rings. The Morgan fingerprint density at radius 2 is 1.21 bits per heavy atom. The summed E-state index contributed by atoms with van der Waals surface area (Å²) >= 11 is 0. The second kappa shape index (κ2) is 11.4. The third kappa shape index (κ3) is 7.16. The van der Waals surface area contributed by atoms with E-state index in [2.05, 4.69) is 74.5 Å². The Bertz CT molecular complexity index is 499. The standard InChI is InChI=1S/C22H31OP/c1-20(2)14-8-4-3-5-13-19-23-24(21-15-9-6-10-16-21)22-17-11-7-12-18-22/h6-7,9-12,15-18,20H,3-5,8,13-14,19H2,1-2H3. The summed E-state index contributed by atoms with van der Waals surface area (Å²) in [6.45, 7) is 5.48. The maximum atomic E-state index is 6.32. The third-order valence-corrected chi connectivity index (χ3v) is 6.10. The van der Waals surface area contributed by atoms with Crippen LogP contribution in [0.2, 0.25) is 0 Å². The first kappa shape index (κ1) is 19.2. The van der Waals surface area contributed by atoms with Crippen molar-refractivity contribution in [1.82, 2.24) is 0 Å². The normalized spacial score (nSPS) is 11.3. The summed E-state index contributed by atoms with van der Waals surface area (Å²) in [7, 11) is -0.687. The average Bonchev–Trinajstić information content (AvgIpc) is 2.62. The van der Waals surface area contributed by atoms with E-state index >= 15 is 0 Å². The van der Waals surface area contributed by atoms with Crippen molar-refractivity contribution in [1.29, 1.82) is 0 Å². The highest BCUT2D eigenvalue weighted by Gasteiger charge is 2.14. The summed E-state index contributed by atoms with van der Waals surface area (Å²) in [5, 5.41) is 2.60. The van der Waals surface area contributed by atoms with Gasteiger partial charge in [0.15, 0.2) is 0 Å². The fourth-order valence-electron chi connectivity index (χ4n) is 2.77. The molecule has 0 saturated carbocycles. The molecule has 2 aromatic carbocycles. The van der Waals surface area contributed by atoms with E-state index in [1.165, 1.54) is 49.1 Å². The van der Waals surface area contributed by atoms with Gasteiger partial charge in [0.1, 0.15) is 0 Å². The van der Waals surface area contributed by atoms with Gasteiger partial charge in [0.05, 0.1) is 14.8 Å². The minimum absolute atomic E-state index is 0.687. The van der Waals surface area contributed by atoms with Crippen molar-refractivity contribution >= 4 is 18.8 Å². The zero-order valence-corrected chi connectivity index (χ0v) is 16.1. The van der Waals surface area contributed by atoms with E-state index in [0.29, 0.717) is 0 Å². The molecule has 0 heterocycles. The van der Waals surface area contributed by atoms with Crippen molar-refractivity contribution in [3.05, 3.63) is 60.7 Å². The maximum absolute atomic E-state index is 6.32. The van der Waals surface area contributed by atoms with Crippen molar-refractivity contribution in [2.24, 2.45) is 5.92 Å². The molecule has 130 valence electrons. The van der Waals surface area contributed by atoms with E-state index in [0.717, 1.165) is 12.5 Å². The first-order valence-corrected chi connectivity index (χ1v) is 10.6. The van der Waals surface area contributed by atoms with Crippen LogP contribution in [-0.4, -0.2) is 6.61 Å². The van der Waals surface area contributed by atoms with Gasteiger partial charge in [0.2, 0.25) is 0 Å². The molecule has 0 unspecified atom stereocenters. The molecule has 24 heavy (non-hydrogen) atoms. The Hall–Kier alpha value is -1.17. The number of rotatable bonds is 11. The van der Waals surface area contributed by atoms with E-state index in [9.17, 15) is 0 Å². The molecule has 0 spiro atoms. The third-order valence-electron chi connectivity index (χ3n) is 4.13. The molecular formula is C22H31OP. The van der Waals surface area contributed by atoms with Gasteiger partial charge in [-0.1, -0.05) is 107 Å². The van der Waals surface area contributed by atoms with Crippen LogP contribution in [0.5, 0.6) is 0 Å². The van der Waals surface area contributed by atoms with Gasteiger partial charge in [0, 0.05) is 10.6 Å². The molecule has 1 nitrogen and oxygen atoms in total. The lowest BCUT2D eigenvalue weighted by Gasteiger charge is -2.18. The van der Waals surface area contributed by atoms with Crippen LogP contribution < -0.4 is 10.6 Å². The summed E-state index contributed by atoms with van der Waals surface area (Å²) < 4.78 is 6.32. The highest BCUT2D eigenvalue weighted by atomic mass is 31.1. The van der Waals surface area contributed by atoms with Crippen molar-refractivity contribution in [3.8, 4) is 0 Å². The molecule has 0 radical (unpaired) electrons. The molecule has 2 rings (SSSR count). The van der Waals surface area contributed by atoms with Crippen LogP contribution in [0.1, 0.15) is 52.4 Å². The van der Waals surface area contributed by atoms with Gasteiger partial charge < -0.3 is 4.52 Å². The van der Waals surface area contributed by atoms with Gasteiger partial charge in [-0.05, 0) is 12.3 Å². The molecule has 0 bridgehead atoms. The van der Waals surface area contributed by atoms with Gasteiger partial charge >= 0.3 is 0 Å². The van der Waals surface area contributed by atoms with Crippen molar-refractivity contribution in [2.45, 2.75) is 52.4 Å². The highest BCUT2D eigenvalue weighted by molar-refractivity contribution is 7.68. The Morgan fingerprint density at radius 3 is 1.75 bits per heavy atom. The second-order valence-electron chi connectivity index (χ2n) is 6.75. The molecule has 2 aromatic rings. The summed E-state index contributed by atoms with van der Waals surface area (Å²) in [4.78, 5) is 0. The number of hydrogen-bond acceptors (Lipinski definition) is 1. The first-order chi connectivity index (χ1) is 11.8. The molecule has 0 atom stereocenters. The van der Waals surface area contributed by atoms with Gasteiger partial charge in [0.25, 0.3) is 0 Å². The predicted molar refractivity (Wildman–Crippen MR) is 108 cm³/mol. The van der Waals surface area contributed by atoms with E-state index in [1.54, 1.807) is 0 Å². The number of hydrogen-bond donors (Lipinski definition) is 0. The first-order valence-electron chi connectivity index (χ1n) is 9.30. The molecule has 0 aliphatic carbocycles. The minimum Gasteiger partial charge on any atom is -0.350 e. The van der Waals surface area contributed by atoms with Crippen molar-refractivity contribution in [2.75, 3.05) is 6.61 Å². The van der Waals surface area contributed by atoms with Crippen LogP contribution in [0.3, 0.4) is 0 Å². The summed E-state index contributed by atoms with van der Waals surface area (Å²) in [5.41, 5.74) is 0. The Labute approximate surface area is 149 Å². The zero-order chi connectivity index (χ0) is 17.0. The predicted octanol–water partition coefficient (Wildman–Crippen LogP) is 6.05. The quantitative estimate of drug-likeness (QED) is 0.357. The maximum Gasteiger partial charge on any atom is 0.0917 e. The fraction of sp³-hybridized carbons (Fsp3) is 0.455. The van der Waals surface area contributed by atoms with E-state index in [4.69, 9.17) is 4.52 Å². The molecule has 0 aromatic heterocycles. The Morgan fingerprint density at radius 1 is 0.708 bits per heavy atom. The average molecular weight is 342 g/mol. The summed E-state index contributed by atoms with van der Waals surface area (Å²) in [5.74, 6) is 0.841. The molecule has 2 heteroatoms.